The van der Waals surface area contributed by atoms with E-state index in [0.717, 1.165) is 0 Å². The second-order valence-corrected chi connectivity index (χ2v) is 5.51. The summed E-state index contributed by atoms with van der Waals surface area (Å²) in [6.45, 7) is 4.60. The summed E-state index contributed by atoms with van der Waals surface area (Å²) in [6, 6.07) is 5.00. The fraction of sp³-hybridized carbons (Fsp3) is 0.438. The molecule has 0 aliphatic heterocycles. The normalized spacial score (nSPS) is 12.0. The number of aromatic nitrogens is 3. The van der Waals surface area contributed by atoms with Gasteiger partial charge in [0.15, 0.2) is 0 Å². The first-order chi connectivity index (χ1) is 11.0. The van der Waals surface area contributed by atoms with E-state index in [4.69, 9.17) is 9.47 Å². The summed E-state index contributed by atoms with van der Waals surface area (Å²) >= 11 is 0. The first-order valence-corrected chi connectivity index (χ1v) is 7.41. The molecule has 0 fully saturated rings. The molecule has 7 nitrogen and oxygen atoms in total. The lowest BCUT2D eigenvalue weighted by atomic mass is 10.0. The van der Waals surface area contributed by atoms with Crippen LogP contribution in [0, 0.1) is 5.92 Å². The molecule has 0 aliphatic carbocycles. The van der Waals surface area contributed by atoms with Gasteiger partial charge in [-0.3, -0.25) is 4.79 Å². The average Bonchev–Trinajstić information content (AvgIpc) is 3.06. The minimum atomic E-state index is -0.187. The highest BCUT2D eigenvalue weighted by Crippen LogP contribution is 2.22. The van der Waals surface area contributed by atoms with Gasteiger partial charge in [0.2, 0.25) is 0 Å². The summed E-state index contributed by atoms with van der Waals surface area (Å²) in [5.74, 6) is 1.19. The number of benzene rings is 1. The number of nitrogens with zero attached hydrogens (tertiary/aromatic N) is 3. The van der Waals surface area contributed by atoms with Gasteiger partial charge in [-0.05, 0) is 18.1 Å². The highest BCUT2D eigenvalue weighted by Gasteiger charge is 2.19. The van der Waals surface area contributed by atoms with Crippen LogP contribution in [0.1, 0.15) is 24.2 Å². The number of amides is 1. The largest absolute Gasteiger partial charge is 0.497 e. The molecule has 1 atom stereocenters. The van der Waals surface area contributed by atoms with Gasteiger partial charge in [0.25, 0.3) is 5.91 Å². The second-order valence-electron chi connectivity index (χ2n) is 5.51. The fourth-order valence-electron chi connectivity index (χ4n) is 2.13. The standard InChI is InChI=1S/C16H22N4O3/c1-11(2)15(10-20-17-5-6-18-20)19-16(21)12-7-13(22-3)9-14(8-12)23-4/h5-9,11,15H,10H2,1-4H3,(H,19,21). The Morgan fingerprint density at radius 2 is 1.70 bits per heavy atom. The third-order valence-electron chi connectivity index (χ3n) is 3.56. The first kappa shape index (κ1) is 16.8. The van der Waals surface area contributed by atoms with Crippen molar-refractivity contribution in [2.24, 2.45) is 5.92 Å². The summed E-state index contributed by atoms with van der Waals surface area (Å²) in [7, 11) is 3.10. The van der Waals surface area contributed by atoms with E-state index in [1.54, 1.807) is 49.6 Å². The smallest absolute Gasteiger partial charge is 0.251 e. The first-order valence-electron chi connectivity index (χ1n) is 7.41. The SMILES string of the molecule is COc1cc(OC)cc(C(=O)NC(Cn2nccn2)C(C)C)c1. The Bertz CT molecular complexity index is 619. The van der Waals surface area contributed by atoms with Crippen LogP contribution < -0.4 is 14.8 Å². The Labute approximate surface area is 135 Å². The van der Waals surface area contributed by atoms with Gasteiger partial charge in [0, 0.05) is 11.6 Å². The maximum atomic E-state index is 12.6. The third-order valence-corrected chi connectivity index (χ3v) is 3.56. The quantitative estimate of drug-likeness (QED) is 0.841. The minimum Gasteiger partial charge on any atom is -0.497 e. The van der Waals surface area contributed by atoms with E-state index in [2.05, 4.69) is 15.5 Å². The number of rotatable bonds is 7. The van der Waals surface area contributed by atoms with Crippen molar-refractivity contribution in [3.63, 3.8) is 0 Å². The van der Waals surface area contributed by atoms with Crippen LogP contribution in [0.3, 0.4) is 0 Å². The van der Waals surface area contributed by atoms with Crippen molar-refractivity contribution in [2.75, 3.05) is 14.2 Å². The van der Waals surface area contributed by atoms with E-state index in [1.165, 1.54) is 0 Å². The van der Waals surface area contributed by atoms with Crippen LogP contribution in [0.15, 0.2) is 30.6 Å². The molecule has 0 saturated heterocycles. The average molecular weight is 318 g/mol. The number of methoxy groups -OCH3 is 2. The zero-order valence-electron chi connectivity index (χ0n) is 13.8. The Balaban J connectivity index is 2.15. The highest BCUT2D eigenvalue weighted by molar-refractivity contribution is 5.95. The van der Waals surface area contributed by atoms with Gasteiger partial charge in [0.05, 0.1) is 39.2 Å². The number of hydrogen-bond donors (Lipinski definition) is 1. The molecule has 0 spiro atoms. The molecule has 23 heavy (non-hydrogen) atoms. The van der Waals surface area contributed by atoms with Crippen molar-refractivity contribution in [3.05, 3.63) is 36.2 Å². The molecule has 1 aromatic heterocycles. The van der Waals surface area contributed by atoms with Crippen molar-refractivity contribution in [2.45, 2.75) is 26.4 Å². The molecule has 0 radical (unpaired) electrons. The molecule has 1 unspecified atom stereocenters. The molecule has 1 amide bonds. The van der Waals surface area contributed by atoms with Crippen LogP contribution in [0.25, 0.3) is 0 Å². The summed E-state index contributed by atoms with van der Waals surface area (Å²) in [6.07, 6.45) is 3.23. The summed E-state index contributed by atoms with van der Waals surface area (Å²) in [4.78, 5) is 14.1. The van der Waals surface area contributed by atoms with Crippen LogP contribution >= 0.6 is 0 Å². The van der Waals surface area contributed by atoms with E-state index >= 15 is 0 Å². The monoisotopic (exact) mass is 318 g/mol. The van der Waals surface area contributed by atoms with Crippen LogP contribution in [-0.4, -0.2) is 41.2 Å². The number of carbonyl (C=O) groups excluding carboxylic acids is 1. The molecule has 1 N–H and O–H groups in total. The third kappa shape index (κ3) is 4.45. The summed E-state index contributed by atoms with van der Waals surface area (Å²) in [5, 5.41) is 11.2. The summed E-state index contributed by atoms with van der Waals surface area (Å²) < 4.78 is 10.4. The summed E-state index contributed by atoms with van der Waals surface area (Å²) in [5.41, 5.74) is 0.486. The van der Waals surface area contributed by atoms with Crippen LogP contribution in [-0.2, 0) is 6.54 Å². The molecule has 1 heterocycles. The molecular formula is C16H22N4O3. The number of nitrogens with one attached hydrogen (secondary N) is 1. The minimum absolute atomic E-state index is 0.0907. The van der Waals surface area contributed by atoms with E-state index in [1.807, 2.05) is 13.8 Å². The lowest BCUT2D eigenvalue weighted by molar-refractivity contribution is 0.0917. The molecule has 2 rings (SSSR count). The molecule has 0 aliphatic rings. The Hall–Kier alpha value is -2.57. The Kier molecular flexibility index (Phi) is 5.56. The van der Waals surface area contributed by atoms with Crippen molar-refractivity contribution < 1.29 is 14.3 Å². The van der Waals surface area contributed by atoms with Gasteiger partial charge in [-0.1, -0.05) is 13.8 Å². The van der Waals surface area contributed by atoms with Gasteiger partial charge < -0.3 is 14.8 Å². The second kappa shape index (κ2) is 7.62. The van der Waals surface area contributed by atoms with Gasteiger partial charge in [0.1, 0.15) is 11.5 Å². The number of carbonyl (C=O) groups is 1. The molecule has 7 heteroatoms. The topological polar surface area (TPSA) is 78.3 Å². The molecule has 124 valence electrons. The van der Waals surface area contributed by atoms with Gasteiger partial charge >= 0.3 is 0 Å². The molecule has 0 bridgehead atoms. The molecule has 0 saturated carbocycles. The predicted molar refractivity (Wildman–Crippen MR) is 85.7 cm³/mol. The Morgan fingerprint density at radius 1 is 1.13 bits per heavy atom. The maximum absolute atomic E-state index is 12.6. The fourth-order valence-corrected chi connectivity index (χ4v) is 2.13. The predicted octanol–water partition coefficient (Wildman–Crippen LogP) is 1.75. The molecule has 2 aromatic rings. The van der Waals surface area contributed by atoms with Gasteiger partial charge in [-0.2, -0.15) is 15.0 Å². The van der Waals surface area contributed by atoms with Gasteiger partial charge in [-0.25, -0.2) is 0 Å². The van der Waals surface area contributed by atoms with Gasteiger partial charge in [-0.15, -0.1) is 0 Å². The van der Waals surface area contributed by atoms with E-state index < -0.39 is 0 Å². The zero-order valence-corrected chi connectivity index (χ0v) is 13.8. The maximum Gasteiger partial charge on any atom is 0.251 e. The van der Waals surface area contributed by atoms with Crippen molar-refractivity contribution >= 4 is 5.91 Å². The van der Waals surface area contributed by atoms with E-state index in [-0.39, 0.29) is 17.9 Å². The van der Waals surface area contributed by atoms with Crippen LogP contribution in [0.5, 0.6) is 11.5 Å². The molecular weight excluding hydrogens is 296 g/mol. The van der Waals surface area contributed by atoms with Crippen LogP contribution in [0.2, 0.25) is 0 Å². The van der Waals surface area contributed by atoms with Crippen molar-refractivity contribution in [1.29, 1.82) is 0 Å². The number of hydrogen-bond acceptors (Lipinski definition) is 5. The molecule has 1 aromatic carbocycles. The van der Waals surface area contributed by atoms with Crippen molar-refractivity contribution in [3.8, 4) is 11.5 Å². The van der Waals surface area contributed by atoms with Crippen molar-refractivity contribution in [1.82, 2.24) is 20.3 Å². The number of ether oxygens (including phenoxy) is 2. The highest BCUT2D eigenvalue weighted by atomic mass is 16.5. The zero-order chi connectivity index (χ0) is 16.8. The van der Waals surface area contributed by atoms with E-state index in [9.17, 15) is 4.79 Å². The Morgan fingerprint density at radius 3 is 2.17 bits per heavy atom. The van der Waals surface area contributed by atoms with E-state index in [0.29, 0.717) is 23.6 Å². The lowest BCUT2D eigenvalue weighted by Gasteiger charge is -2.22. The lowest BCUT2D eigenvalue weighted by Crippen LogP contribution is -2.42. The van der Waals surface area contributed by atoms with Crippen LogP contribution in [0.4, 0.5) is 0 Å².